The van der Waals surface area contributed by atoms with Crippen LogP contribution in [0.15, 0.2) is 24.3 Å². The van der Waals surface area contributed by atoms with Crippen molar-refractivity contribution in [2.75, 3.05) is 7.11 Å². The Morgan fingerprint density at radius 2 is 1.67 bits per heavy atom. The molecule has 0 saturated carbocycles. The smallest absolute Gasteiger partial charge is 0.252 e. The molecule has 0 spiro atoms. The summed E-state index contributed by atoms with van der Waals surface area (Å²) in [7, 11) is 3.96. The fourth-order valence-corrected chi connectivity index (χ4v) is 2.04. The first-order valence-electron chi connectivity index (χ1n) is 6.89. The van der Waals surface area contributed by atoms with Crippen LogP contribution in [-0.2, 0) is 0 Å². The molecule has 0 aromatic heterocycles. The first-order chi connectivity index (χ1) is 8.63. The highest BCUT2D eigenvalue weighted by Gasteiger charge is 2.20. The third-order valence-electron chi connectivity index (χ3n) is 3.63. The summed E-state index contributed by atoms with van der Waals surface area (Å²) in [4.78, 5) is 2.44. The maximum atomic E-state index is 5.42. The normalized spacial score (nSPS) is 14.3. The molecule has 18 heavy (non-hydrogen) atoms. The minimum Gasteiger partial charge on any atom is -0.497 e. The lowest BCUT2D eigenvalue weighted by atomic mass is 9.76. The van der Waals surface area contributed by atoms with Gasteiger partial charge in [0.15, 0.2) is 0 Å². The van der Waals surface area contributed by atoms with Crippen molar-refractivity contribution in [1.82, 2.24) is 4.81 Å². The lowest BCUT2D eigenvalue weighted by Gasteiger charge is -2.34. The number of para-hydroxylation sites is 1. The highest BCUT2D eigenvalue weighted by atomic mass is 16.5. The van der Waals surface area contributed by atoms with E-state index in [2.05, 4.69) is 52.1 Å². The van der Waals surface area contributed by atoms with Crippen molar-refractivity contribution in [3.63, 3.8) is 0 Å². The van der Waals surface area contributed by atoms with Gasteiger partial charge in [0.05, 0.1) is 7.11 Å². The molecule has 1 rings (SSSR count). The van der Waals surface area contributed by atoms with Crippen LogP contribution >= 0.6 is 0 Å². The zero-order valence-electron chi connectivity index (χ0n) is 12.3. The Bertz CT molecular complexity index is 346. The van der Waals surface area contributed by atoms with Gasteiger partial charge in [-0.15, -0.1) is 0 Å². The van der Waals surface area contributed by atoms with Gasteiger partial charge in [-0.1, -0.05) is 45.9 Å². The summed E-state index contributed by atoms with van der Waals surface area (Å²) in [5.74, 6) is 0.939. The van der Waals surface area contributed by atoms with Crippen LogP contribution in [0.2, 0.25) is 0 Å². The Morgan fingerprint density at radius 3 is 2.17 bits per heavy atom. The van der Waals surface area contributed by atoms with Crippen LogP contribution < -0.4 is 10.2 Å². The van der Waals surface area contributed by atoms with Crippen LogP contribution in [0.25, 0.3) is 0 Å². The van der Waals surface area contributed by atoms with Crippen molar-refractivity contribution in [3.8, 4) is 5.75 Å². The third-order valence-corrected chi connectivity index (χ3v) is 3.63. The minimum absolute atomic E-state index is 0.546. The van der Waals surface area contributed by atoms with Crippen LogP contribution in [0.1, 0.15) is 40.5 Å². The summed E-state index contributed by atoms with van der Waals surface area (Å²) in [6.45, 7) is 9.02. The van der Waals surface area contributed by atoms with Gasteiger partial charge in [0.1, 0.15) is 5.75 Å². The van der Waals surface area contributed by atoms with E-state index in [1.807, 2.05) is 12.1 Å². The maximum Gasteiger partial charge on any atom is 0.252 e. The summed E-state index contributed by atoms with van der Waals surface area (Å²) in [5.41, 5.74) is 1.15. The second-order valence-corrected chi connectivity index (χ2v) is 4.83. The lowest BCUT2D eigenvalue weighted by Crippen LogP contribution is -2.47. The van der Waals surface area contributed by atoms with Gasteiger partial charge in [-0.25, -0.2) is 0 Å². The highest BCUT2D eigenvalue weighted by molar-refractivity contribution is 6.52. The first-order valence-corrected chi connectivity index (χ1v) is 6.89. The number of hydrogen-bond donors (Lipinski definition) is 0. The molecule has 0 aliphatic rings. The van der Waals surface area contributed by atoms with Crippen LogP contribution in [0.5, 0.6) is 5.75 Å². The molecule has 3 heteroatoms. The van der Waals surface area contributed by atoms with Gasteiger partial charge in [0.2, 0.25) is 0 Å². The van der Waals surface area contributed by atoms with Crippen LogP contribution in [-0.4, -0.2) is 31.4 Å². The summed E-state index contributed by atoms with van der Waals surface area (Å²) in [6, 6.07) is 9.27. The quantitative estimate of drug-likeness (QED) is 0.686. The average molecular weight is 246 g/mol. The Hall–Kier alpha value is -0.955. The number of benzene rings is 1. The molecule has 0 aliphatic carbocycles. The van der Waals surface area contributed by atoms with Crippen molar-refractivity contribution < 1.29 is 4.74 Å². The summed E-state index contributed by atoms with van der Waals surface area (Å²) in [5, 5.41) is 0. The molecule has 2 unspecified atom stereocenters. The highest BCUT2D eigenvalue weighted by Crippen LogP contribution is 2.12. The van der Waals surface area contributed by atoms with Crippen molar-refractivity contribution in [3.05, 3.63) is 24.3 Å². The van der Waals surface area contributed by atoms with E-state index in [9.17, 15) is 0 Å². The second-order valence-electron chi connectivity index (χ2n) is 4.83. The lowest BCUT2D eigenvalue weighted by molar-refractivity contribution is 0.271. The van der Waals surface area contributed by atoms with Gasteiger partial charge in [0.25, 0.3) is 7.41 Å². The molecule has 2 nitrogen and oxygen atoms in total. The van der Waals surface area contributed by atoms with Crippen LogP contribution in [0.3, 0.4) is 0 Å². The SMILES string of the molecule is CCC(C)N([B]c1ccccc1OC)C(C)CC. The molecule has 99 valence electrons. The second kappa shape index (κ2) is 7.47. The molecule has 0 fully saturated rings. The van der Waals surface area contributed by atoms with Crippen molar-refractivity contribution >= 4 is 12.9 Å². The topological polar surface area (TPSA) is 12.5 Å². The molecule has 1 aromatic rings. The van der Waals surface area contributed by atoms with Gasteiger partial charge < -0.3 is 9.55 Å². The third kappa shape index (κ3) is 3.77. The summed E-state index contributed by atoms with van der Waals surface area (Å²) in [6.07, 6.45) is 2.30. The molecule has 1 radical (unpaired) electrons. The maximum absolute atomic E-state index is 5.42. The fraction of sp³-hybridized carbons (Fsp3) is 0.600. The number of rotatable bonds is 7. The fourth-order valence-electron chi connectivity index (χ4n) is 2.04. The Kier molecular flexibility index (Phi) is 6.27. The molecule has 2 atom stereocenters. The summed E-state index contributed by atoms with van der Waals surface area (Å²) < 4.78 is 5.42. The average Bonchev–Trinajstić information content (AvgIpc) is 2.43. The molecule has 1 aromatic carbocycles. The standard InChI is InChI=1S/C15H25BNO/c1-6-12(3)17(13(4)7-2)16-14-10-8-9-11-15(14)18-5/h8-13H,6-7H2,1-5H3. The Balaban J connectivity index is 2.88. The van der Waals surface area contributed by atoms with E-state index in [1.54, 1.807) is 7.11 Å². The molecular weight excluding hydrogens is 221 g/mol. The van der Waals surface area contributed by atoms with Crippen LogP contribution in [0, 0.1) is 0 Å². The molecule has 0 bridgehead atoms. The predicted octanol–water partition coefficient (Wildman–Crippen LogP) is 2.84. The number of ether oxygens (including phenoxy) is 1. The number of hydrogen-bond acceptors (Lipinski definition) is 2. The molecule has 0 saturated heterocycles. The molecule has 0 heterocycles. The summed E-state index contributed by atoms with van der Waals surface area (Å²) >= 11 is 0. The van der Waals surface area contributed by atoms with E-state index < -0.39 is 0 Å². The number of methoxy groups -OCH3 is 1. The van der Waals surface area contributed by atoms with E-state index in [0.29, 0.717) is 12.1 Å². The van der Waals surface area contributed by atoms with Crippen molar-refractivity contribution in [2.24, 2.45) is 0 Å². The Morgan fingerprint density at radius 1 is 1.11 bits per heavy atom. The van der Waals surface area contributed by atoms with Gasteiger partial charge in [0, 0.05) is 0 Å². The molecule has 0 aliphatic heterocycles. The van der Waals surface area contributed by atoms with Crippen molar-refractivity contribution in [2.45, 2.75) is 52.6 Å². The monoisotopic (exact) mass is 246 g/mol. The minimum atomic E-state index is 0.546. The van der Waals surface area contributed by atoms with E-state index in [1.165, 1.54) is 0 Å². The van der Waals surface area contributed by atoms with Crippen molar-refractivity contribution in [1.29, 1.82) is 0 Å². The zero-order chi connectivity index (χ0) is 13.5. The zero-order valence-corrected chi connectivity index (χ0v) is 12.3. The van der Waals surface area contributed by atoms with Gasteiger partial charge in [-0.05, 0) is 36.5 Å². The number of nitrogens with zero attached hydrogens (tertiary/aromatic N) is 1. The van der Waals surface area contributed by atoms with E-state index in [4.69, 9.17) is 4.74 Å². The first kappa shape index (κ1) is 15.1. The van der Waals surface area contributed by atoms with Gasteiger partial charge in [-0.3, -0.25) is 0 Å². The van der Waals surface area contributed by atoms with Gasteiger partial charge >= 0.3 is 0 Å². The predicted molar refractivity (Wildman–Crippen MR) is 79.7 cm³/mol. The Labute approximate surface area is 113 Å². The van der Waals surface area contributed by atoms with Crippen LogP contribution in [0.4, 0.5) is 0 Å². The largest absolute Gasteiger partial charge is 0.497 e. The molecule has 0 N–H and O–H groups in total. The van der Waals surface area contributed by atoms with E-state index in [-0.39, 0.29) is 0 Å². The van der Waals surface area contributed by atoms with E-state index in [0.717, 1.165) is 24.1 Å². The van der Waals surface area contributed by atoms with E-state index >= 15 is 0 Å². The van der Waals surface area contributed by atoms with Gasteiger partial charge in [-0.2, -0.15) is 0 Å². The molecule has 0 amide bonds. The molecular formula is C15H25BNO.